The fourth-order valence-corrected chi connectivity index (χ4v) is 3.32. The zero-order valence-corrected chi connectivity index (χ0v) is 18.7. The van der Waals surface area contributed by atoms with Crippen molar-refractivity contribution in [1.82, 2.24) is 0 Å². The molecule has 32 heavy (non-hydrogen) atoms. The lowest BCUT2D eigenvalue weighted by atomic mass is 9.98. The number of rotatable bonds is 16. The summed E-state index contributed by atoms with van der Waals surface area (Å²) in [5.74, 6) is -1.04. The van der Waals surface area contributed by atoms with Crippen molar-refractivity contribution in [3.63, 3.8) is 0 Å². The van der Waals surface area contributed by atoms with Crippen molar-refractivity contribution < 1.29 is 39.6 Å². The summed E-state index contributed by atoms with van der Waals surface area (Å²) >= 11 is 0. The summed E-state index contributed by atoms with van der Waals surface area (Å²) < 4.78 is 0. The van der Waals surface area contributed by atoms with E-state index in [0.29, 0.717) is 11.1 Å². The molecule has 1 aromatic rings. The van der Waals surface area contributed by atoms with E-state index in [-0.39, 0.29) is 74.5 Å². The highest BCUT2D eigenvalue weighted by molar-refractivity contribution is 6.01. The number of ketones is 4. The van der Waals surface area contributed by atoms with Gasteiger partial charge in [-0.05, 0) is 26.7 Å². The summed E-state index contributed by atoms with van der Waals surface area (Å²) in [5, 5.41) is 37.7. The molecule has 0 heterocycles. The van der Waals surface area contributed by atoms with E-state index in [1.165, 1.54) is 38.1 Å². The Morgan fingerprint density at radius 2 is 0.938 bits per heavy atom. The lowest BCUT2D eigenvalue weighted by Crippen LogP contribution is -2.19. The summed E-state index contributed by atoms with van der Waals surface area (Å²) in [6.07, 6.45) is -3.37. The molecule has 0 saturated carbocycles. The van der Waals surface area contributed by atoms with Crippen molar-refractivity contribution in [3.8, 4) is 0 Å². The van der Waals surface area contributed by atoms with Crippen LogP contribution < -0.4 is 0 Å². The molecule has 0 radical (unpaired) electrons. The van der Waals surface area contributed by atoms with Crippen molar-refractivity contribution in [1.29, 1.82) is 0 Å². The number of carbonyl (C=O) groups excluding carboxylic acids is 4. The van der Waals surface area contributed by atoms with Crippen LogP contribution in [0.5, 0.6) is 0 Å². The SMILES string of the molecule is CC(O)CC(O)CC(=O)CCC(=O)c1ccc(C(=O)CCC(=O)CC(O)CC(C)O)cc1. The first-order valence-corrected chi connectivity index (χ1v) is 10.9. The fourth-order valence-electron chi connectivity index (χ4n) is 3.32. The van der Waals surface area contributed by atoms with Crippen LogP contribution in [-0.2, 0) is 9.59 Å². The minimum absolute atomic E-state index is 0.0145. The van der Waals surface area contributed by atoms with Crippen LogP contribution in [0.2, 0.25) is 0 Å². The third kappa shape index (κ3) is 11.4. The van der Waals surface area contributed by atoms with Gasteiger partial charge in [0.2, 0.25) is 0 Å². The number of hydrogen-bond donors (Lipinski definition) is 4. The molecule has 4 atom stereocenters. The average Bonchev–Trinajstić information content (AvgIpc) is 2.69. The maximum absolute atomic E-state index is 12.3. The largest absolute Gasteiger partial charge is 0.393 e. The topological polar surface area (TPSA) is 149 Å². The van der Waals surface area contributed by atoms with Gasteiger partial charge in [0, 0.05) is 49.7 Å². The lowest BCUT2D eigenvalue weighted by Gasteiger charge is -2.11. The number of carbonyl (C=O) groups is 4. The molecule has 0 aliphatic carbocycles. The molecule has 178 valence electrons. The summed E-state index contributed by atoms with van der Waals surface area (Å²) in [6.45, 7) is 3.04. The van der Waals surface area contributed by atoms with E-state index in [9.17, 15) is 39.6 Å². The molecule has 1 aromatic carbocycles. The van der Waals surface area contributed by atoms with Crippen LogP contribution in [0, 0.1) is 0 Å². The van der Waals surface area contributed by atoms with Crippen LogP contribution in [0.1, 0.15) is 85.9 Å². The van der Waals surface area contributed by atoms with E-state index in [1.54, 1.807) is 0 Å². The maximum atomic E-state index is 12.3. The smallest absolute Gasteiger partial charge is 0.163 e. The Kier molecular flexibility index (Phi) is 12.2. The first kappa shape index (κ1) is 27.8. The second-order valence-electron chi connectivity index (χ2n) is 8.39. The van der Waals surface area contributed by atoms with Crippen molar-refractivity contribution in [2.24, 2.45) is 0 Å². The van der Waals surface area contributed by atoms with E-state index in [1.807, 2.05) is 0 Å². The molecule has 0 amide bonds. The van der Waals surface area contributed by atoms with Crippen LogP contribution in [-0.4, -0.2) is 68.0 Å². The molecule has 0 saturated heterocycles. The predicted octanol–water partition coefficient (Wildman–Crippen LogP) is 1.79. The van der Waals surface area contributed by atoms with Gasteiger partial charge in [0.25, 0.3) is 0 Å². The highest BCUT2D eigenvalue weighted by Gasteiger charge is 2.17. The number of aliphatic hydroxyl groups is 4. The monoisotopic (exact) mass is 450 g/mol. The zero-order chi connectivity index (χ0) is 24.3. The Labute approximate surface area is 188 Å². The zero-order valence-electron chi connectivity index (χ0n) is 18.7. The Morgan fingerprint density at radius 3 is 1.22 bits per heavy atom. The number of aliphatic hydroxyl groups excluding tert-OH is 4. The third-order valence-corrected chi connectivity index (χ3v) is 4.94. The van der Waals surface area contributed by atoms with Gasteiger partial charge in [-0.2, -0.15) is 0 Å². The fraction of sp³-hybridized carbons (Fsp3) is 0.583. The van der Waals surface area contributed by atoms with Gasteiger partial charge in [0.1, 0.15) is 11.6 Å². The van der Waals surface area contributed by atoms with Crippen molar-refractivity contribution in [2.45, 2.75) is 89.6 Å². The van der Waals surface area contributed by atoms with E-state index in [2.05, 4.69) is 0 Å². The van der Waals surface area contributed by atoms with Crippen LogP contribution in [0.25, 0.3) is 0 Å². The molecule has 4 unspecified atom stereocenters. The molecule has 8 heteroatoms. The highest BCUT2D eigenvalue weighted by Crippen LogP contribution is 2.14. The molecule has 4 N–H and O–H groups in total. The summed E-state index contributed by atoms with van der Waals surface area (Å²) in [5.41, 5.74) is 0.715. The molecule has 0 spiro atoms. The average molecular weight is 451 g/mol. The Balaban J connectivity index is 2.45. The predicted molar refractivity (Wildman–Crippen MR) is 117 cm³/mol. The van der Waals surface area contributed by atoms with Gasteiger partial charge in [0.15, 0.2) is 11.6 Å². The van der Waals surface area contributed by atoms with Crippen molar-refractivity contribution in [3.05, 3.63) is 35.4 Å². The standard InChI is InChI=1S/C24H34O8/c1-15(25)11-21(29)13-19(27)7-9-23(31)17-3-5-18(6-4-17)24(32)10-8-20(28)14-22(30)12-16(2)26/h3-6,15-16,21-22,25-26,29-30H,7-14H2,1-2H3. The van der Waals surface area contributed by atoms with Crippen LogP contribution in [0.4, 0.5) is 0 Å². The van der Waals surface area contributed by atoms with Crippen LogP contribution in [0.3, 0.4) is 0 Å². The summed E-state index contributed by atoms with van der Waals surface area (Å²) in [6, 6.07) is 5.99. The second kappa shape index (κ2) is 14.0. The van der Waals surface area contributed by atoms with Gasteiger partial charge < -0.3 is 20.4 Å². The quantitative estimate of drug-likeness (QED) is 0.279. The van der Waals surface area contributed by atoms with Crippen LogP contribution in [0.15, 0.2) is 24.3 Å². The lowest BCUT2D eigenvalue weighted by molar-refractivity contribution is -0.122. The first-order chi connectivity index (χ1) is 15.0. The minimum Gasteiger partial charge on any atom is -0.393 e. The van der Waals surface area contributed by atoms with Gasteiger partial charge >= 0.3 is 0 Å². The van der Waals surface area contributed by atoms with E-state index in [0.717, 1.165) is 0 Å². The van der Waals surface area contributed by atoms with E-state index < -0.39 is 24.4 Å². The second-order valence-corrected chi connectivity index (χ2v) is 8.39. The Bertz CT molecular complexity index is 702. The van der Waals surface area contributed by atoms with Gasteiger partial charge in [-0.15, -0.1) is 0 Å². The first-order valence-electron chi connectivity index (χ1n) is 10.9. The van der Waals surface area contributed by atoms with E-state index >= 15 is 0 Å². The molecule has 0 bridgehead atoms. The van der Waals surface area contributed by atoms with E-state index in [4.69, 9.17) is 0 Å². The molecule has 8 nitrogen and oxygen atoms in total. The van der Waals surface area contributed by atoms with Crippen LogP contribution >= 0.6 is 0 Å². The molecule has 1 rings (SSSR count). The van der Waals surface area contributed by atoms with Gasteiger partial charge in [-0.25, -0.2) is 0 Å². The third-order valence-electron chi connectivity index (χ3n) is 4.94. The minimum atomic E-state index is -0.934. The van der Waals surface area contributed by atoms with Gasteiger partial charge in [-0.1, -0.05) is 24.3 Å². The molecule has 0 aliphatic heterocycles. The van der Waals surface area contributed by atoms with Crippen molar-refractivity contribution >= 4 is 23.1 Å². The number of hydrogen-bond acceptors (Lipinski definition) is 8. The van der Waals surface area contributed by atoms with Gasteiger partial charge in [0.05, 0.1) is 24.4 Å². The summed E-state index contributed by atoms with van der Waals surface area (Å²) in [7, 11) is 0. The number of Topliss-reactive ketones (excluding diaryl/α,β-unsaturated/α-hetero) is 4. The van der Waals surface area contributed by atoms with Gasteiger partial charge in [-0.3, -0.25) is 19.2 Å². The molecule has 0 aromatic heterocycles. The number of benzene rings is 1. The summed E-state index contributed by atoms with van der Waals surface area (Å²) in [4.78, 5) is 48.3. The highest BCUT2D eigenvalue weighted by atomic mass is 16.3. The maximum Gasteiger partial charge on any atom is 0.163 e. The normalized spacial score (nSPS) is 14.9. The Hall–Kier alpha value is -2.26. The molecule has 0 fully saturated rings. The Morgan fingerprint density at radius 1 is 0.625 bits per heavy atom. The molecule has 0 aliphatic rings. The molecular formula is C24H34O8. The molecular weight excluding hydrogens is 416 g/mol. The van der Waals surface area contributed by atoms with Crippen molar-refractivity contribution in [2.75, 3.05) is 0 Å².